The average molecular weight is 296 g/mol. The quantitative estimate of drug-likeness (QED) is 0.915. The molecule has 17 heavy (non-hydrogen) atoms. The lowest BCUT2D eigenvalue weighted by molar-refractivity contribution is 0.412. The lowest BCUT2D eigenvalue weighted by atomic mass is 10.1. The Kier molecular flexibility index (Phi) is 3.49. The van der Waals surface area contributed by atoms with E-state index in [2.05, 4.69) is 26.1 Å². The first-order chi connectivity index (χ1) is 8.17. The van der Waals surface area contributed by atoms with Gasteiger partial charge in [-0.1, -0.05) is 0 Å². The third-order valence-electron chi connectivity index (χ3n) is 2.65. The average Bonchev–Trinajstić information content (AvgIpc) is 2.70. The molecule has 0 saturated carbocycles. The molecule has 0 aliphatic rings. The number of benzene rings is 1. The topological polar surface area (TPSA) is 63.9 Å². The molecule has 2 aromatic rings. The van der Waals surface area contributed by atoms with Crippen LogP contribution in [0.1, 0.15) is 11.3 Å². The van der Waals surface area contributed by atoms with Crippen molar-refractivity contribution in [2.75, 3.05) is 7.11 Å². The Balaban J connectivity index is 2.46. The van der Waals surface area contributed by atoms with E-state index in [1.165, 1.54) is 0 Å². The molecular formula is C12H14BrN3O. The van der Waals surface area contributed by atoms with Gasteiger partial charge in [0.25, 0.3) is 0 Å². The molecule has 0 bridgehead atoms. The van der Waals surface area contributed by atoms with E-state index in [9.17, 15) is 0 Å². The highest BCUT2D eigenvalue weighted by molar-refractivity contribution is 9.10. The van der Waals surface area contributed by atoms with Crippen LogP contribution in [0.3, 0.4) is 0 Å². The molecule has 0 saturated heterocycles. The van der Waals surface area contributed by atoms with Crippen LogP contribution >= 0.6 is 15.9 Å². The second kappa shape index (κ2) is 4.89. The van der Waals surface area contributed by atoms with Gasteiger partial charge in [0, 0.05) is 12.1 Å². The number of aromatic amines is 1. The number of hydrogen-bond acceptors (Lipinski definition) is 3. The van der Waals surface area contributed by atoms with E-state index in [4.69, 9.17) is 10.5 Å². The number of hydrogen-bond donors (Lipinski definition) is 2. The molecular weight excluding hydrogens is 282 g/mol. The Hall–Kier alpha value is -1.33. The zero-order valence-electron chi connectivity index (χ0n) is 9.75. The van der Waals surface area contributed by atoms with E-state index in [1.807, 2.05) is 25.1 Å². The smallest absolute Gasteiger partial charge is 0.121 e. The summed E-state index contributed by atoms with van der Waals surface area (Å²) in [7, 11) is 1.67. The van der Waals surface area contributed by atoms with Crippen LogP contribution in [0.25, 0.3) is 11.3 Å². The van der Waals surface area contributed by atoms with E-state index in [1.54, 1.807) is 7.11 Å². The van der Waals surface area contributed by atoms with Crippen molar-refractivity contribution in [3.63, 3.8) is 0 Å². The van der Waals surface area contributed by atoms with Gasteiger partial charge in [-0.3, -0.25) is 5.10 Å². The van der Waals surface area contributed by atoms with Crippen molar-refractivity contribution in [2.45, 2.75) is 13.5 Å². The molecule has 1 aromatic carbocycles. The van der Waals surface area contributed by atoms with Crippen molar-refractivity contribution in [1.29, 1.82) is 0 Å². The van der Waals surface area contributed by atoms with Crippen LogP contribution in [0.4, 0.5) is 0 Å². The van der Waals surface area contributed by atoms with Crippen LogP contribution < -0.4 is 10.5 Å². The number of H-pyrrole nitrogens is 1. The van der Waals surface area contributed by atoms with E-state index >= 15 is 0 Å². The highest BCUT2D eigenvalue weighted by Crippen LogP contribution is 2.31. The lowest BCUT2D eigenvalue weighted by Gasteiger charge is -2.06. The number of ether oxygens (including phenoxy) is 1. The first-order valence-electron chi connectivity index (χ1n) is 5.25. The Bertz CT molecular complexity index is 537. The van der Waals surface area contributed by atoms with Gasteiger partial charge in [0.1, 0.15) is 11.4 Å². The van der Waals surface area contributed by atoms with Crippen molar-refractivity contribution >= 4 is 15.9 Å². The van der Waals surface area contributed by atoms with Gasteiger partial charge in [0.2, 0.25) is 0 Å². The predicted molar refractivity (Wildman–Crippen MR) is 70.9 cm³/mol. The molecule has 0 radical (unpaired) electrons. The summed E-state index contributed by atoms with van der Waals surface area (Å²) in [4.78, 5) is 0. The van der Waals surface area contributed by atoms with Gasteiger partial charge in [0.15, 0.2) is 0 Å². The van der Waals surface area contributed by atoms with Crippen molar-refractivity contribution in [3.8, 4) is 17.0 Å². The molecule has 0 fully saturated rings. The summed E-state index contributed by atoms with van der Waals surface area (Å²) in [5, 5.41) is 7.18. The van der Waals surface area contributed by atoms with Gasteiger partial charge in [-0.2, -0.15) is 5.10 Å². The largest absolute Gasteiger partial charge is 0.496 e. The summed E-state index contributed by atoms with van der Waals surface area (Å²) in [6, 6.07) is 5.96. The van der Waals surface area contributed by atoms with Gasteiger partial charge in [-0.15, -0.1) is 0 Å². The summed E-state index contributed by atoms with van der Waals surface area (Å²) in [6.45, 7) is 2.44. The summed E-state index contributed by atoms with van der Waals surface area (Å²) in [5.74, 6) is 0.874. The van der Waals surface area contributed by atoms with Crippen molar-refractivity contribution in [2.24, 2.45) is 5.73 Å². The van der Waals surface area contributed by atoms with Crippen LogP contribution in [0.5, 0.6) is 5.75 Å². The van der Waals surface area contributed by atoms with Gasteiger partial charge >= 0.3 is 0 Å². The van der Waals surface area contributed by atoms with Gasteiger partial charge in [0.05, 0.1) is 17.3 Å². The molecule has 0 unspecified atom stereocenters. The highest BCUT2D eigenvalue weighted by atomic mass is 79.9. The number of nitrogens with two attached hydrogens (primary N) is 1. The second-order valence-electron chi connectivity index (χ2n) is 3.75. The molecule has 0 spiro atoms. The van der Waals surface area contributed by atoms with Crippen LogP contribution in [-0.2, 0) is 6.54 Å². The molecule has 0 aliphatic carbocycles. The number of methoxy groups -OCH3 is 1. The molecule has 3 N–H and O–H groups in total. The minimum Gasteiger partial charge on any atom is -0.496 e. The predicted octanol–water partition coefficient (Wildman–Crippen LogP) is 2.61. The maximum absolute atomic E-state index is 5.60. The zero-order chi connectivity index (χ0) is 12.4. The molecule has 90 valence electrons. The van der Waals surface area contributed by atoms with Crippen LogP contribution in [0, 0.1) is 6.92 Å². The number of aromatic nitrogens is 2. The van der Waals surface area contributed by atoms with Gasteiger partial charge in [-0.25, -0.2) is 0 Å². The van der Waals surface area contributed by atoms with E-state index in [-0.39, 0.29) is 0 Å². The van der Waals surface area contributed by atoms with Gasteiger partial charge < -0.3 is 10.5 Å². The Morgan fingerprint density at radius 2 is 2.24 bits per heavy atom. The standard InChI is InChI=1S/C12H14BrN3O/c1-7-5-8(3-4-10(7)17-2)12-11(13)9(6-14)15-16-12/h3-5H,6,14H2,1-2H3,(H,15,16). The third-order valence-corrected chi connectivity index (χ3v) is 3.50. The molecule has 4 nitrogen and oxygen atoms in total. The Morgan fingerprint density at radius 3 is 2.76 bits per heavy atom. The number of rotatable bonds is 3. The second-order valence-corrected chi connectivity index (χ2v) is 4.55. The molecule has 0 amide bonds. The first kappa shape index (κ1) is 12.1. The minimum absolute atomic E-state index is 0.433. The number of aryl methyl sites for hydroxylation is 1. The van der Waals surface area contributed by atoms with Crippen LogP contribution in [-0.4, -0.2) is 17.3 Å². The van der Waals surface area contributed by atoms with E-state index < -0.39 is 0 Å². The summed E-state index contributed by atoms with van der Waals surface area (Å²) in [6.07, 6.45) is 0. The van der Waals surface area contributed by atoms with Gasteiger partial charge in [-0.05, 0) is 46.6 Å². The van der Waals surface area contributed by atoms with Crippen LogP contribution in [0.2, 0.25) is 0 Å². The molecule has 1 aromatic heterocycles. The van der Waals surface area contributed by atoms with Crippen molar-refractivity contribution in [1.82, 2.24) is 10.2 Å². The molecule has 5 heteroatoms. The summed E-state index contributed by atoms with van der Waals surface area (Å²) in [5.41, 5.74) is 9.48. The molecule has 1 heterocycles. The maximum Gasteiger partial charge on any atom is 0.121 e. The minimum atomic E-state index is 0.433. The van der Waals surface area contributed by atoms with E-state index in [0.717, 1.165) is 32.7 Å². The first-order valence-corrected chi connectivity index (χ1v) is 6.04. The fourth-order valence-electron chi connectivity index (χ4n) is 1.72. The SMILES string of the molecule is COc1ccc(-c2n[nH]c(CN)c2Br)cc1C. The fraction of sp³-hybridized carbons (Fsp3) is 0.250. The van der Waals surface area contributed by atoms with E-state index in [0.29, 0.717) is 6.54 Å². The molecule has 2 rings (SSSR count). The summed E-state index contributed by atoms with van der Waals surface area (Å²) < 4.78 is 6.15. The van der Waals surface area contributed by atoms with Crippen molar-refractivity contribution < 1.29 is 4.74 Å². The highest BCUT2D eigenvalue weighted by Gasteiger charge is 2.12. The fourth-order valence-corrected chi connectivity index (χ4v) is 2.28. The third kappa shape index (κ3) is 2.21. The Labute approximate surface area is 108 Å². The number of nitrogens with zero attached hydrogens (tertiary/aromatic N) is 1. The lowest BCUT2D eigenvalue weighted by Crippen LogP contribution is -1.96. The molecule has 0 atom stereocenters. The maximum atomic E-state index is 5.60. The van der Waals surface area contributed by atoms with Crippen molar-refractivity contribution in [3.05, 3.63) is 33.9 Å². The normalized spacial score (nSPS) is 10.6. The number of nitrogens with one attached hydrogen (secondary N) is 1. The van der Waals surface area contributed by atoms with Crippen LogP contribution in [0.15, 0.2) is 22.7 Å². The summed E-state index contributed by atoms with van der Waals surface area (Å²) >= 11 is 3.50. The molecule has 0 aliphatic heterocycles. The monoisotopic (exact) mass is 295 g/mol. The zero-order valence-corrected chi connectivity index (χ0v) is 11.3. The Morgan fingerprint density at radius 1 is 1.47 bits per heavy atom. The number of halogens is 1.